The van der Waals surface area contributed by atoms with Crippen LogP contribution in [0.2, 0.25) is 0 Å². The molecule has 0 radical (unpaired) electrons. The standard InChI is InChI=1S/C18H28N2O2/c1-14-6-5-9-20(12-14)15(2)11-19-18(21)17-8-4-7-16(10-17)13-22-3/h4,7-8,10,14-15H,5-6,9,11-13H2,1-3H3,(H,19,21)/t14-,15+/m0/s1. The molecule has 1 heterocycles. The van der Waals surface area contributed by atoms with Crippen LogP contribution in [0.4, 0.5) is 0 Å². The number of hydrogen-bond acceptors (Lipinski definition) is 3. The van der Waals surface area contributed by atoms with E-state index in [0.717, 1.165) is 24.6 Å². The molecule has 0 bridgehead atoms. The highest BCUT2D eigenvalue weighted by molar-refractivity contribution is 5.94. The highest BCUT2D eigenvalue weighted by Gasteiger charge is 2.21. The van der Waals surface area contributed by atoms with Gasteiger partial charge in [0.15, 0.2) is 0 Å². The number of methoxy groups -OCH3 is 1. The maximum Gasteiger partial charge on any atom is 0.251 e. The third-order valence-corrected chi connectivity index (χ3v) is 4.37. The van der Waals surface area contributed by atoms with Crippen LogP contribution in [0.1, 0.15) is 42.6 Å². The minimum Gasteiger partial charge on any atom is -0.380 e. The van der Waals surface area contributed by atoms with E-state index in [1.54, 1.807) is 7.11 Å². The second-order valence-electron chi connectivity index (χ2n) is 6.43. The number of carbonyl (C=O) groups is 1. The molecule has 1 saturated heterocycles. The van der Waals surface area contributed by atoms with Crippen LogP contribution in [-0.4, -0.2) is 43.6 Å². The molecule has 1 aromatic rings. The summed E-state index contributed by atoms with van der Waals surface area (Å²) in [6.45, 7) is 8.01. The average molecular weight is 304 g/mol. The molecule has 1 amide bonds. The first-order chi connectivity index (χ1) is 10.6. The van der Waals surface area contributed by atoms with Crippen molar-refractivity contribution in [2.24, 2.45) is 5.92 Å². The normalized spacial score (nSPS) is 20.6. The summed E-state index contributed by atoms with van der Waals surface area (Å²) >= 11 is 0. The Morgan fingerprint density at radius 1 is 1.50 bits per heavy atom. The van der Waals surface area contributed by atoms with Gasteiger partial charge < -0.3 is 10.1 Å². The molecule has 0 spiro atoms. The number of rotatable bonds is 6. The van der Waals surface area contributed by atoms with Crippen molar-refractivity contribution in [3.63, 3.8) is 0 Å². The monoisotopic (exact) mass is 304 g/mol. The van der Waals surface area contributed by atoms with Crippen LogP contribution in [0.15, 0.2) is 24.3 Å². The fourth-order valence-corrected chi connectivity index (χ4v) is 3.07. The van der Waals surface area contributed by atoms with E-state index in [4.69, 9.17) is 4.74 Å². The quantitative estimate of drug-likeness (QED) is 0.878. The van der Waals surface area contributed by atoms with E-state index in [1.165, 1.54) is 12.8 Å². The zero-order valence-electron chi connectivity index (χ0n) is 14.0. The average Bonchev–Trinajstić information content (AvgIpc) is 2.53. The summed E-state index contributed by atoms with van der Waals surface area (Å²) in [4.78, 5) is 14.8. The number of nitrogens with zero attached hydrogens (tertiary/aromatic N) is 1. The number of hydrogen-bond donors (Lipinski definition) is 1. The van der Waals surface area contributed by atoms with E-state index >= 15 is 0 Å². The van der Waals surface area contributed by atoms with Crippen molar-refractivity contribution in [2.75, 3.05) is 26.7 Å². The van der Waals surface area contributed by atoms with Crippen LogP contribution in [-0.2, 0) is 11.3 Å². The third kappa shape index (κ3) is 4.82. The summed E-state index contributed by atoms with van der Waals surface area (Å²) in [6, 6.07) is 8.00. The van der Waals surface area contributed by atoms with Gasteiger partial charge in [-0.2, -0.15) is 0 Å². The molecule has 4 heteroatoms. The van der Waals surface area contributed by atoms with Gasteiger partial charge in [0.1, 0.15) is 0 Å². The number of amides is 1. The largest absolute Gasteiger partial charge is 0.380 e. The van der Waals surface area contributed by atoms with Crippen molar-refractivity contribution < 1.29 is 9.53 Å². The Morgan fingerprint density at radius 3 is 3.05 bits per heavy atom. The number of piperidine rings is 1. The van der Waals surface area contributed by atoms with Crippen LogP contribution in [0.25, 0.3) is 0 Å². The Bertz CT molecular complexity index is 490. The summed E-state index contributed by atoms with van der Waals surface area (Å²) in [5.74, 6) is 0.757. The molecule has 22 heavy (non-hydrogen) atoms. The van der Waals surface area contributed by atoms with Crippen LogP contribution < -0.4 is 5.32 Å². The van der Waals surface area contributed by atoms with Crippen LogP contribution in [0.5, 0.6) is 0 Å². The summed E-state index contributed by atoms with van der Waals surface area (Å²) < 4.78 is 5.11. The molecule has 1 aromatic carbocycles. The fourth-order valence-electron chi connectivity index (χ4n) is 3.07. The van der Waals surface area contributed by atoms with Gasteiger partial charge in [0.25, 0.3) is 5.91 Å². The lowest BCUT2D eigenvalue weighted by atomic mass is 9.99. The second-order valence-corrected chi connectivity index (χ2v) is 6.43. The summed E-state index contributed by atoms with van der Waals surface area (Å²) in [7, 11) is 1.66. The highest BCUT2D eigenvalue weighted by Crippen LogP contribution is 2.17. The lowest BCUT2D eigenvalue weighted by Gasteiger charge is -2.35. The Kier molecular flexibility index (Phi) is 6.40. The molecule has 4 nitrogen and oxygen atoms in total. The minimum absolute atomic E-state index is 0.00476. The molecule has 0 saturated carbocycles. The van der Waals surface area contributed by atoms with Gasteiger partial charge in [0, 0.05) is 31.8 Å². The molecule has 2 rings (SSSR count). The lowest BCUT2D eigenvalue weighted by molar-refractivity contribution is 0.0917. The van der Waals surface area contributed by atoms with Crippen LogP contribution >= 0.6 is 0 Å². The van der Waals surface area contributed by atoms with Crippen molar-refractivity contribution in [1.82, 2.24) is 10.2 Å². The first kappa shape index (κ1) is 17.0. The van der Waals surface area contributed by atoms with E-state index in [-0.39, 0.29) is 5.91 Å². The van der Waals surface area contributed by atoms with Gasteiger partial charge in [0.2, 0.25) is 0 Å². The van der Waals surface area contributed by atoms with Crippen LogP contribution in [0, 0.1) is 5.92 Å². The zero-order valence-corrected chi connectivity index (χ0v) is 14.0. The fraction of sp³-hybridized carbons (Fsp3) is 0.611. The number of nitrogens with one attached hydrogen (secondary N) is 1. The van der Waals surface area contributed by atoms with Gasteiger partial charge in [-0.15, -0.1) is 0 Å². The molecule has 122 valence electrons. The van der Waals surface area contributed by atoms with E-state index in [9.17, 15) is 4.79 Å². The summed E-state index contributed by atoms with van der Waals surface area (Å²) in [6.07, 6.45) is 2.58. The molecule has 1 aliphatic rings. The molecule has 1 N–H and O–H groups in total. The molecule has 0 unspecified atom stereocenters. The number of carbonyl (C=O) groups excluding carboxylic acids is 1. The summed E-state index contributed by atoms with van der Waals surface area (Å²) in [5, 5.41) is 3.06. The van der Waals surface area contributed by atoms with Crippen molar-refractivity contribution in [3.8, 4) is 0 Å². The van der Waals surface area contributed by atoms with Crippen molar-refractivity contribution >= 4 is 5.91 Å². The summed E-state index contributed by atoms with van der Waals surface area (Å²) in [5.41, 5.74) is 1.72. The first-order valence-electron chi connectivity index (χ1n) is 8.20. The minimum atomic E-state index is -0.00476. The van der Waals surface area contributed by atoms with Crippen molar-refractivity contribution in [2.45, 2.75) is 39.3 Å². The Balaban J connectivity index is 1.85. The smallest absolute Gasteiger partial charge is 0.251 e. The van der Waals surface area contributed by atoms with E-state index in [2.05, 4.69) is 24.1 Å². The maximum absolute atomic E-state index is 12.3. The SMILES string of the molecule is COCc1cccc(C(=O)NC[C@@H](C)N2CCC[C@H](C)C2)c1. The molecular weight excluding hydrogens is 276 g/mol. The topological polar surface area (TPSA) is 41.6 Å². The molecule has 1 aliphatic heterocycles. The van der Waals surface area contributed by atoms with Crippen molar-refractivity contribution in [3.05, 3.63) is 35.4 Å². The van der Waals surface area contributed by atoms with E-state index in [0.29, 0.717) is 24.8 Å². The number of likely N-dealkylation sites (tertiary alicyclic amines) is 1. The molecule has 1 fully saturated rings. The Morgan fingerprint density at radius 2 is 2.32 bits per heavy atom. The number of ether oxygens (including phenoxy) is 1. The number of benzene rings is 1. The lowest BCUT2D eigenvalue weighted by Crippen LogP contribution is -2.46. The van der Waals surface area contributed by atoms with Gasteiger partial charge in [-0.25, -0.2) is 0 Å². The third-order valence-electron chi connectivity index (χ3n) is 4.37. The maximum atomic E-state index is 12.3. The predicted octanol–water partition coefficient (Wildman–Crippen LogP) is 2.68. The van der Waals surface area contributed by atoms with Gasteiger partial charge in [-0.05, 0) is 49.9 Å². The molecule has 0 aliphatic carbocycles. The molecule has 2 atom stereocenters. The molecule has 0 aromatic heterocycles. The van der Waals surface area contributed by atoms with Gasteiger partial charge in [-0.3, -0.25) is 9.69 Å². The molecular formula is C18H28N2O2. The first-order valence-corrected chi connectivity index (χ1v) is 8.20. The van der Waals surface area contributed by atoms with Gasteiger partial charge in [-0.1, -0.05) is 19.1 Å². The van der Waals surface area contributed by atoms with Gasteiger partial charge >= 0.3 is 0 Å². The van der Waals surface area contributed by atoms with E-state index in [1.807, 2.05) is 24.3 Å². The Labute approximate surface area is 133 Å². The van der Waals surface area contributed by atoms with Gasteiger partial charge in [0.05, 0.1) is 6.61 Å². The van der Waals surface area contributed by atoms with Crippen LogP contribution in [0.3, 0.4) is 0 Å². The Hall–Kier alpha value is -1.39. The zero-order chi connectivity index (χ0) is 15.9. The highest BCUT2D eigenvalue weighted by atomic mass is 16.5. The van der Waals surface area contributed by atoms with E-state index < -0.39 is 0 Å². The second kappa shape index (κ2) is 8.30. The predicted molar refractivity (Wildman–Crippen MR) is 88.9 cm³/mol. The van der Waals surface area contributed by atoms with Crippen molar-refractivity contribution in [1.29, 1.82) is 0 Å².